The summed E-state index contributed by atoms with van der Waals surface area (Å²) >= 11 is 3.53. The number of nitrogens with one attached hydrogen (secondary N) is 2. The monoisotopic (exact) mass is 250 g/mol. The molecule has 1 heterocycles. The zero-order valence-electron chi connectivity index (χ0n) is 10.2. The van der Waals surface area contributed by atoms with Gasteiger partial charge in [-0.05, 0) is 44.0 Å². The normalized spacial score (nSPS) is 9.82. The molecule has 0 radical (unpaired) electrons. The number of thiol groups is 1. The van der Waals surface area contributed by atoms with Crippen molar-refractivity contribution >= 4 is 23.5 Å². The van der Waals surface area contributed by atoms with E-state index in [-0.39, 0.29) is 5.56 Å². The number of hydrogen-bond donors (Lipinski definition) is 3. The van der Waals surface area contributed by atoms with E-state index in [1.807, 2.05) is 25.2 Å². The van der Waals surface area contributed by atoms with Crippen LogP contribution in [0, 0.1) is 0 Å². The summed E-state index contributed by atoms with van der Waals surface area (Å²) in [7, 11) is 1.94. The topological polar surface area (TPSA) is 44.9 Å². The maximum Gasteiger partial charge on any atom is 0.248 e. The third kappa shape index (κ3) is 3.61. The molecule has 0 unspecified atom stereocenters. The van der Waals surface area contributed by atoms with Gasteiger partial charge in [-0.3, -0.25) is 4.79 Å². The first kappa shape index (κ1) is 13.8. The van der Waals surface area contributed by atoms with Crippen molar-refractivity contribution in [2.24, 2.45) is 0 Å². The molecular weight excluding hydrogens is 232 g/mol. The molecule has 0 saturated carbocycles. The molecular formula is C13H18N2OS. The first-order chi connectivity index (χ1) is 8.31. The summed E-state index contributed by atoms with van der Waals surface area (Å²) in [6.45, 7) is 0.943. The van der Waals surface area contributed by atoms with E-state index >= 15 is 0 Å². The zero-order chi connectivity index (χ0) is 12.7. The fraction of sp³-hybridized carbons (Fsp3) is 0.308. The van der Waals surface area contributed by atoms with Crippen molar-refractivity contribution in [1.29, 1.82) is 0 Å². The van der Waals surface area contributed by atoms with Gasteiger partial charge < -0.3 is 10.3 Å². The van der Waals surface area contributed by atoms with Gasteiger partial charge in [-0.2, -0.15) is 12.6 Å². The molecule has 92 valence electrons. The van der Waals surface area contributed by atoms with Crippen LogP contribution < -0.4 is 10.9 Å². The van der Waals surface area contributed by atoms with E-state index in [9.17, 15) is 4.79 Å². The Morgan fingerprint density at radius 1 is 1.24 bits per heavy atom. The van der Waals surface area contributed by atoms with E-state index in [1.54, 1.807) is 12.3 Å². The molecule has 17 heavy (non-hydrogen) atoms. The molecule has 0 aliphatic rings. The molecule has 0 saturated heterocycles. The second-order valence-corrected chi connectivity index (χ2v) is 3.55. The van der Waals surface area contributed by atoms with Crippen LogP contribution in [0.3, 0.4) is 0 Å². The van der Waals surface area contributed by atoms with E-state index in [4.69, 9.17) is 0 Å². The minimum atomic E-state index is -0.0479. The molecule has 2 aromatic rings. The Balaban J connectivity index is 0.000000686. The average Bonchev–Trinajstić information content (AvgIpc) is 2.38. The molecule has 0 aliphatic heterocycles. The highest BCUT2D eigenvalue weighted by Gasteiger charge is 2.00. The number of aromatic amines is 1. The van der Waals surface area contributed by atoms with Crippen molar-refractivity contribution in [3.05, 3.63) is 46.2 Å². The zero-order valence-corrected chi connectivity index (χ0v) is 11.1. The fourth-order valence-electron chi connectivity index (χ4n) is 1.73. The van der Waals surface area contributed by atoms with Crippen LogP contribution in [0.1, 0.15) is 5.56 Å². The number of H-pyrrole nitrogens is 1. The second-order valence-electron chi connectivity index (χ2n) is 3.55. The van der Waals surface area contributed by atoms with Crippen molar-refractivity contribution in [2.75, 3.05) is 19.8 Å². The Kier molecular flexibility index (Phi) is 5.80. The number of fused-ring (bicyclic) bond motifs is 1. The molecule has 4 heteroatoms. The fourth-order valence-corrected chi connectivity index (χ4v) is 1.73. The summed E-state index contributed by atoms with van der Waals surface area (Å²) in [5.41, 5.74) is 2.13. The lowest BCUT2D eigenvalue weighted by molar-refractivity contribution is 0.795. The predicted molar refractivity (Wildman–Crippen MR) is 77.1 cm³/mol. The number of aromatic nitrogens is 1. The van der Waals surface area contributed by atoms with Crippen LogP contribution in [0.4, 0.5) is 0 Å². The van der Waals surface area contributed by atoms with Gasteiger partial charge in [0.25, 0.3) is 0 Å². The summed E-state index contributed by atoms with van der Waals surface area (Å²) < 4.78 is 0. The van der Waals surface area contributed by atoms with Gasteiger partial charge in [0.05, 0.1) is 0 Å². The Hall–Kier alpha value is -1.26. The Morgan fingerprint density at radius 2 is 2.00 bits per heavy atom. The van der Waals surface area contributed by atoms with Crippen LogP contribution in [0.2, 0.25) is 0 Å². The van der Waals surface area contributed by atoms with Gasteiger partial charge in [-0.25, -0.2) is 0 Å². The van der Waals surface area contributed by atoms with E-state index in [1.165, 1.54) is 5.56 Å². The van der Waals surface area contributed by atoms with Gasteiger partial charge in [0, 0.05) is 17.0 Å². The van der Waals surface area contributed by atoms with E-state index < -0.39 is 0 Å². The van der Waals surface area contributed by atoms with E-state index in [0.717, 1.165) is 23.9 Å². The van der Waals surface area contributed by atoms with Gasteiger partial charge in [-0.15, -0.1) is 0 Å². The lowest BCUT2D eigenvalue weighted by atomic mass is 10.1. The van der Waals surface area contributed by atoms with Gasteiger partial charge in [0.1, 0.15) is 0 Å². The van der Waals surface area contributed by atoms with Crippen LogP contribution in [-0.4, -0.2) is 24.8 Å². The van der Waals surface area contributed by atoms with Crippen LogP contribution >= 0.6 is 12.6 Å². The van der Waals surface area contributed by atoms with E-state index in [2.05, 4.69) is 29.0 Å². The molecule has 1 aromatic heterocycles. The molecule has 2 N–H and O–H groups in total. The highest BCUT2D eigenvalue weighted by molar-refractivity contribution is 7.79. The third-order valence-corrected chi connectivity index (χ3v) is 2.50. The molecule has 0 bridgehead atoms. The smallest absolute Gasteiger partial charge is 0.248 e. The van der Waals surface area contributed by atoms with Crippen molar-refractivity contribution in [3.63, 3.8) is 0 Å². The summed E-state index contributed by atoms with van der Waals surface area (Å²) in [5, 5.41) is 4.25. The van der Waals surface area contributed by atoms with Crippen molar-refractivity contribution in [3.8, 4) is 0 Å². The quantitative estimate of drug-likeness (QED) is 0.728. The molecule has 0 fully saturated rings. The first-order valence-corrected chi connectivity index (χ1v) is 6.41. The first-order valence-electron chi connectivity index (χ1n) is 5.51. The molecule has 0 amide bonds. The van der Waals surface area contributed by atoms with Crippen molar-refractivity contribution in [2.45, 2.75) is 6.42 Å². The van der Waals surface area contributed by atoms with Crippen LogP contribution in [0.15, 0.2) is 35.1 Å². The minimum absolute atomic E-state index is 0.0479. The van der Waals surface area contributed by atoms with Gasteiger partial charge in [-0.1, -0.05) is 12.1 Å². The summed E-state index contributed by atoms with van der Waals surface area (Å²) in [5.74, 6) is 0. The average molecular weight is 250 g/mol. The van der Waals surface area contributed by atoms with Gasteiger partial charge in [0.2, 0.25) is 5.56 Å². The van der Waals surface area contributed by atoms with Gasteiger partial charge >= 0.3 is 0 Å². The van der Waals surface area contributed by atoms with Crippen molar-refractivity contribution < 1.29 is 0 Å². The SMILES string of the molecule is CNCCc1cccc2[nH]c(=O)ccc12.CS. The van der Waals surface area contributed by atoms with Crippen LogP contribution in [0.5, 0.6) is 0 Å². The minimum Gasteiger partial charge on any atom is -0.322 e. The second kappa shape index (κ2) is 7.14. The highest BCUT2D eigenvalue weighted by Crippen LogP contribution is 2.15. The molecule has 0 atom stereocenters. The molecule has 3 nitrogen and oxygen atoms in total. The maximum atomic E-state index is 11.1. The Bertz CT molecular complexity index is 522. The Morgan fingerprint density at radius 3 is 2.71 bits per heavy atom. The molecule has 0 aliphatic carbocycles. The summed E-state index contributed by atoms with van der Waals surface area (Å²) in [6, 6.07) is 9.46. The van der Waals surface area contributed by atoms with E-state index in [0.29, 0.717) is 0 Å². The number of likely N-dealkylation sites (N-methyl/N-ethyl adjacent to an activating group) is 1. The van der Waals surface area contributed by atoms with Crippen LogP contribution in [-0.2, 0) is 6.42 Å². The molecule has 1 aromatic carbocycles. The summed E-state index contributed by atoms with van der Waals surface area (Å²) in [4.78, 5) is 14.0. The number of hydrogen-bond acceptors (Lipinski definition) is 3. The lowest BCUT2D eigenvalue weighted by Crippen LogP contribution is -2.11. The maximum absolute atomic E-state index is 11.1. The van der Waals surface area contributed by atoms with Gasteiger partial charge in [0.15, 0.2) is 0 Å². The highest BCUT2D eigenvalue weighted by atomic mass is 32.1. The number of pyridine rings is 1. The summed E-state index contributed by atoms with van der Waals surface area (Å²) in [6.07, 6.45) is 2.67. The molecule has 2 rings (SSSR count). The van der Waals surface area contributed by atoms with Crippen molar-refractivity contribution in [1.82, 2.24) is 10.3 Å². The largest absolute Gasteiger partial charge is 0.322 e. The van der Waals surface area contributed by atoms with Crippen LogP contribution in [0.25, 0.3) is 10.9 Å². The standard InChI is InChI=1S/C12H14N2O.CH4S/c1-13-8-7-9-3-2-4-11-10(9)5-6-12(15)14-11;1-2/h2-6,13H,7-8H2,1H3,(H,14,15);2H,1H3. The lowest BCUT2D eigenvalue weighted by Gasteiger charge is -2.05. The number of rotatable bonds is 3. The Labute approximate surface area is 107 Å². The third-order valence-electron chi connectivity index (χ3n) is 2.50. The number of benzene rings is 1. The predicted octanol–water partition coefficient (Wildman–Crippen LogP) is 1.84. The molecule has 0 spiro atoms.